The van der Waals surface area contributed by atoms with Gasteiger partial charge in [-0.1, -0.05) is 11.8 Å². The molecule has 124 valence electrons. The van der Waals surface area contributed by atoms with Crippen molar-refractivity contribution in [3.63, 3.8) is 0 Å². The Bertz CT molecular complexity index is 803. The highest BCUT2D eigenvalue weighted by molar-refractivity contribution is 8.00. The Morgan fingerprint density at radius 1 is 1.42 bits per heavy atom. The van der Waals surface area contributed by atoms with Gasteiger partial charge in [-0.3, -0.25) is 9.78 Å². The highest BCUT2D eigenvalue weighted by atomic mass is 32.2. The van der Waals surface area contributed by atoms with Gasteiger partial charge in [0.05, 0.1) is 5.25 Å². The van der Waals surface area contributed by atoms with Crippen LogP contribution in [0.15, 0.2) is 41.3 Å². The normalized spacial score (nSPS) is 12.1. The first kappa shape index (κ1) is 16.6. The number of hydrogen-bond acceptors (Lipinski definition) is 7. The second-order valence-electron chi connectivity index (χ2n) is 4.88. The summed E-state index contributed by atoms with van der Waals surface area (Å²) in [6.07, 6.45) is 5.13. The van der Waals surface area contributed by atoms with Crippen LogP contribution in [0.2, 0.25) is 0 Å². The van der Waals surface area contributed by atoms with Crippen LogP contribution < -0.4 is 5.32 Å². The van der Waals surface area contributed by atoms with Gasteiger partial charge >= 0.3 is 0 Å². The number of thiazole rings is 1. The fourth-order valence-electron chi connectivity index (χ4n) is 2.07. The fourth-order valence-corrected chi connectivity index (χ4v) is 3.52. The number of amides is 1. The summed E-state index contributed by atoms with van der Waals surface area (Å²) in [5.41, 5.74) is 0.901. The number of nitrogens with one attached hydrogen (secondary N) is 1. The lowest BCUT2D eigenvalue weighted by molar-refractivity contribution is -0.115. The molecule has 1 N–H and O–H groups in total. The van der Waals surface area contributed by atoms with E-state index in [0.29, 0.717) is 16.8 Å². The molecule has 0 saturated carbocycles. The van der Waals surface area contributed by atoms with Crippen LogP contribution in [0, 0.1) is 0 Å². The number of hydrogen-bond donors (Lipinski definition) is 1. The molecule has 0 saturated heterocycles. The number of aromatic nitrogens is 5. The third kappa shape index (κ3) is 3.62. The zero-order valence-corrected chi connectivity index (χ0v) is 14.8. The average Bonchev–Trinajstić information content (AvgIpc) is 3.25. The molecule has 0 aliphatic heterocycles. The highest BCUT2D eigenvalue weighted by Gasteiger charge is 2.20. The van der Waals surface area contributed by atoms with Crippen LogP contribution in [-0.4, -0.2) is 35.9 Å². The minimum atomic E-state index is -0.315. The molecule has 3 heterocycles. The van der Waals surface area contributed by atoms with E-state index in [-0.39, 0.29) is 11.2 Å². The first-order valence-electron chi connectivity index (χ1n) is 7.39. The first-order valence-corrected chi connectivity index (χ1v) is 9.15. The van der Waals surface area contributed by atoms with Crippen molar-refractivity contribution in [2.75, 3.05) is 5.32 Å². The fraction of sp³-hybridized carbons (Fsp3) is 0.267. The Hall–Kier alpha value is -2.26. The van der Waals surface area contributed by atoms with Gasteiger partial charge in [0.2, 0.25) is 5.91 Å². The second kappa shape index (κ2) is 7.54. The standard InChI is InChI=1S/C15H16N6OS2/c1-3-21-12(11-5-4-6-16-9-11)19-20-15(21)24-10(2)13(22)18-14-17-7-8-23-14/h4-10H,3H2,1-2H3,(H,17,18,22)/t10-/m0/s1. The van der Waals surface area contributed by atoms with E-state index in [2.05, 4.69) is 25.5 Å². The van der Waals surface area contributed by atoms with Gasteiger partial charge in [-0.2, -0.15) is 0 Å². The summed E-state index contributed by atoms with van der Waals surface area (Å²) in [5, 5.41) is 14.1. The lowest BCUT2D eigenvalue weighted by Gasteiger charge is -2.11. The molecule has 0 bridgehead atoms. The smallest absolute Gasteiger partial charge is 0.239 e. The number of thioether (sulfide) groups is 1. The molecule has 0 aliphatic carbocycles. The monoisotopic (exact) mass is 360 g/mol. The Balaban J connectivity index is 1.75. The van der Waals surface area contributed by atoms with Gasteiger partial charge < -0.3 is 9.88 Å². The number of carbonyl (C=O) groups excluding carboxylic acids is 1. The summed E-state index contributed by atoms with van der Waals surface area (Å²) in [6, 6.07) is 3.80. The quantitative estimate of drug-likeness (QED) is 0.680. The SMILES string of the molecule is CCn1c(S[C@@H](C)C(=O)Nc2nccs2)nnc1-c1cccnc1. The third-order valence-electron chi connectivity index (χ3n) is 3.27. The lowest BCUT2D eigenvalue weighted by atomic mass is 10.3. The molecule has 24 heavy (non-hydrogen) atoms. The zero-order chi connectivity index (χ0) is 16.9. The molecule has 3 rings (SSSR count). The Morgan fingerprint density at radius 2 is 2.29 bits per heavy atom. The Morgan fingerprint density at radius 3 is 2.96 bits per heavy atom. The second-order valence-corrected chi connectivity index (χ2v) is 7.08. The van der Waals surface area contributed by atoms with E-state index in [4.69, 9.17) is 0 Å². The van der Waals surface area contributed by atoms with Crippen LogP contribution >= 0.6 is 23.1 Å². The van der Waals surface area contributed by atoms with Gasteiger partial charge in [-0.05, 0) is 26.0 Å². The molecule has 3 aromatic rings. The van der Waals surface area contributed by atoms with Gasteiger partial charge in [-0.15, -0.1) is 21.5 Å². The maximum atomic E-state index is 12.3. The van der Waals surface area contributed by atoms with Crippen molar-refractivity contribution in [1.29, 1.82) is 0 Å². The van der Waals surface area contributed by atoms with E-state index in [1.165, 1.54) is 23.1 Å². The zero-order valence-electron chi connectivity index (χ0n) is 13.2. The van der Waals surface area contributed by atoms with E-state index in [1.807, 2.05) is 35.9 Å². The summed E-state index contributed by atoms with van der Waals surface area (Å²) in [7, 11) is 0. The first-order chi connectivity index (χ1) is 11.7. The van der Waals surface area contributed by atoms with Crippen molar-refractivity contribution in [3.8, 4) is 11.4 Å². The van der Waals surface area contributed by atoms with Crippen molar-refractivity contribution in [1.82, 2.24) is 24.7 Å². The maximum absolute atomic E-state index is 12.3. The van der Waals surface area contributed by atoms with Gasteiger partial charge in [0.25, 0.3) is 0 Å². The summed E-state index contributed by atoms with van der Waals surface area (Å²) in [4.78, 5) is 20.4. The molecule has 0 aliphatic rings. The predicted octanol–water partition coefficient (Wildman–Crippen LogP) is 2.94. The number of carbonyl (C=O) groups is 1. The molecule has 0 radical (unpaired) electrons. The Labute approximate surface area is 147 Å². The van der Waals surface area contributed by atoms with Crippen LogP contribution in [0.4, 0.5) is 5.13 Å². The summed E-state index contributed by atoms with van der Waals surface area (Å²) in [5.74, 6) is 0.643. The number of rotatable bonds is 6. The van der Waals surface area contributed by atoms with E-state index in [0.717, 1.165) is 11.4 Å². The summed E-state index contributed by atoms with van der Waals surface area (Å²) >= 11 is 2.77. The van der Waals surface area contributed by atoms with E-state index < -0.39 is 0 Å². The number of nitrogens with zero attached hydrogens (tertiary/aromatic N) is 5. The molecule has 0 unspecified atom stereocenters. The third-order valence-corrected chi connectivity index (χ3v) is 5.04. The number of anilines is 1. The van der Waals surface area contributed by atoms with Crippen molar-refractivity contribution < 1.29 is 4.79 Å². The van der Waals surface area contributed by atoms with Gasteiger partial charge in [0, 0.05) is 36.1 Å². The molecule has 0 aromatic carbocycles. The van der Waals surface area contributed by atoms with Crippen LogP contribution in [0.5, 0.6) is 0 Å². The average molecular weight is 360 g/mol. The predicted molar refractivity (Wildman–Crippen MR) is 95.0 cm³/mol. The molecule has 0 spiro atoms. The van der Waals surface area contributed by atoms with Gasteiger partial charge in [0.15, 0.2) is 16.1 Å². The van der Waals surface area contributed by atoms with Crippen molar-refractivity contribution in [2.45, 2.75) is 30.8 Å². The van der Waals surface area contributed by atoms with Crippen LogP contribution in [0.1, 0.15) is 13.8 Å². The molecule has 0 fully saturated rings. The summed E-state index contributed by atoms with van der Waals surface area (Å²) in [6.45, 7) is 4.57. The molecule has 1 amide bonds. The topological polar surface area (TPSA) is 85.6 Å². The molecule has 1 atom stereocenters. The van der Waals surface area contributed by atoms with Crippen molar-refractivity contribution in [2.24, 2.45) is 0 Å². The van der Waals surface area contributed by atoms with E-state index in [1.54, 1.807) is 18.6 Å². The molecular weight excluding hydrogens is 344 g/mol. The highest BCUT2D eigenvalue weighted by Crippen LogP contribution is 2.27. The Kier molecular flexibility index (Phi) is 5.21. The van der Waals surface area contributed by atoms with Crippen molar-refractivity contribution >= 4 is 34.1 Å². The van der Waals surface area contributed by atoms with E-state index in [9.17, 15) is 4.79 Å². The largest absolute Gasteiger partial charge is 0.302 e. The molecule has 9 heteroatoms. The van der Waals surface area contributed by atoms with Crippen LogP contribution in [-0.2, 0) is 11.3 Å². The maximum Gasteiger partial charge on any atom is 0.239 e. The minimum absolute atomic E-state index is 0.108. The molecular formula is C15H16N6OS2. The summed E-state index contributed by atoms with van der Waals surface area (Å²) < 4.78 is 1.98. The van der Waals surface area contributed by atoms with Gasteiger partial charge in [-0.25, -0.2) is 4.98 Å². The van der Waals surface area contributed by atoms with Crippen LogP contribution in [0.25, 0.3) is 11.4 Å². The minimum Gasteiger partial charge on any atom is -0.302 e. The van der Waals surface area contributed by atoms with Crippen molar-refractivity contribution in [3.05, 3.63) is 36.1 Å². The lowest BCUT2D eigenvalue weighted by Crippen LogP contribution is -2.22. The van der Waals surface area contributed by atoms with Gasteiger partial charge in [0.1, 0.15) is 0 Å². The van der Waals surface area contributed by atoms with E-state index >= 15 is 0 Å². The molecule has 7 nitrogen and oxygen atoms in total. The van der Waals surface area contributed by atoms with Crippen LogP contribution in [0.3, 0.4) is 0 Å². The molecule has 3 aromatic heterocycles. The number of pyridine rings is 1.